The van der Waals surface area contributed by atoms with Gasteiger partial charge in [-0.15, -0.1) is 0 Å². The molecular formula is C18H20ClN3. The van der Waals surface area contributed by atoms with Crippen LogP contribution < -0.4 is 0 Å². The molecule has 0 aliphatic carbocycles. The van der Waals surface area contributed by atoms with Gasteiger partial charge >= 0.3 is 0 Å². The van der Waals surface area contributed by atoms with E-state index in [9.17, 15) is 0 Å². The molecular weight excluding hydrogens is 294 g/mol. The molecule has 22 heavy (non-hydrogen) atoms. The van der Waals surface area contributed by atoms with Crippen LogP contribution in [0.5, 0.6) is 0 Å². The van der Waals surface area contributed by atoms with Gasteiger partial charge in [0.2, 0.25) is 0 Å². The molecule has 2 aromatic rings. The van der Waals surface area contributed by atoms with Crippen LogP contribution in [-0.2, 0) is 6.54 Å². The highest BCUT2D eigenvalue weighted by molar-refractivity contribution is 6.31. The fourth-order valence-corrected chi connectivity index (χ4v) is 2.76. The maximum Gasteiger partial charge on any atom is 0.0542 e. The van der Waals surface area contributed by atoms with Gasteiger partial charge in [0.25, 0.3) is 0 Å². The van der Waals surface area contributed by atoms with Crippen LogP contribution in [0.15, 0.2) is 59.7 Å². The average Bonchev–Trinajstić information content (AvgIpc) is 2.57. The Morgan fingerprint density at radius 3 is 2.32 bits per heavy atom. The summed E-state index contributed by atoms with van der Waals surface area (Å²) in [6, 6.07) is 18.3. The summed E-state index contributed by atoms with van der Waals surface area (Å²) in [4.78, 5) is 2.43. The molecule has 0 radical (unpaired) electrons. The van der Waals surface area contributed by atoms with Gasteiger partial charge in [-0.3, -0.25) is 9.91 Å². The van der Waals surface area contributed by atoms with Crippen LogP contribution in [0.2, 0.25) is 5.02 Å². The number of hydrazone groups is 1. The Kier molecular flexibility index (Phi) is 5.09. The van der Waals surface area contributed by atoms with Crippen LogP contribution in [0.4, 0.5) is 0 Å². The monoisotopic (exact) mass is 313 g/mol. The van der Waals surface area contributed by atoms with Crippen molar-refractivity contribution in [2.45, 2.75) is 6.54 Å². The minimum atomic E-state index is 0.854. The Morgan fingerprint density at radius 1 is 0.909 bits per heavy atom. The standard InChI is InChI=1S/C18H20ClN3/c19-18-9-5-4-8-17(18)15-21-10-12-22(13-11-21)20-14-16-6-2-1-3-7-16/h1-9,14H,10-13,15H2/b20-14+. The quantitative estimate of drug-likeness (QED) is 0.805. The van der Waals surface area contributed by atoms with E-state index in [1.807, 2.05) is 42.6 Å². The number of benzene rings is 2. The number of piperazine rings is 1. The maximum absolute atomic E-state index is 6.23. The third-order valence-corrected chi connectivity index (χ3v) is 4.24. The molecule has 4 heteroatoms. The van der Waals surface area contributed by atoms with Gasteiger partial charge in [0.15, 0.2) is 0 Å². The smallest absolute Gasteiger partial charge is 0.0542 e. The lowest BCUT2D eigenvalue weighted by Crippen LogP contribution is -2.43. The summed E-state index contributed by atoms with van der Waals surface area (Å²) >= 11 is 6.23. The van der Waals surface area contributed by atoms with Crippen LogP contribution >= 0.6 is 11.6 Å². The fourth-order valence-electron chi connectivity index (χ4n) is 2.57. The lowest BCUT2D eigenvalue weighted by molar-refractivity contribution is 0.131. The molecule has 3 rings (SSSR count). The lowest BCUT2D eigenvalue weighted by atomic mass is 10.2. The van der Waals surface area contributed by atoms with Crippen LogP contribution in [0, 0.1) is 0 Å². The summed E-state index contributed by atoms with van der Waals surface area (Å²) in [5, 5.41) is 7.56. The molecule has 1 saturated heterocycles. The molecule has 0 unspecified atom stereocenters. The Hall–Kier alpha value is -1.84. The molecule has 1 fully saturated rings. The van der Waals surface area contributed by atoms with Crippen molar-refractivity contribution in [3.63, 3.8) is 0 Å². The summed E-state index contributed by atoms with van der Waals surface area (Å²) in [7, 11) is 0. The Bertz CT molecular complexity index is 619. The molecule has 0 aromatic heterocycles. The van der Waals surface area contributed by atoms with Crippen molar-refractivity contribution < 1.29 is 0 Å². The van der Waals surface area contributed by atoms with Crippen molar-refractivity contribution in [2.75, 3.05) is 26.2 Å². The molecule has 2 aromatic carbocycles. The topological polar surface area (TPSA) is 18.8 Å². The van der Waals surface area contributed by atoms with Gasteiger partial charge in [-0.25, -0.2) is 0 Å². The highest BCUT2D eigenvalue weighted by Crippen LogP contribution is 2.17. The Labute approximate surface area is 136 Å². The molecule has 1 heterocycles. The second-order valence-electron chi connectivity index (χ2n) is 5.48. The first-order valence-electron chi connectivity index (χ1n) is 7.61. The first-order chi connectivity index (χ1) is 10.8. The van der Waals surface area contributed by atoms with E-state index in [1.165, 1.54) is 5.56 Å². The molecule has 0 atom stereocenters. The van der Waals surface area contributed by atoms with Crippen LogP contribution in [-0.4, -0.2) is 42.3 Å². The van der Waals surface area contributed by atoms with Crippen molar-refractivity contribution >= 4 is 17.8 Å². The largest absolute Gasteiger partial charge is 0.295 e. The van der Waals surface area contributed by atoms with Gasteiger partial charge in [0, 0.05) is 37.7 Å². The minimum Gasteiger partial charge on any atom is -0.295 e. The van der Waals surface area contributed by atoms with E-state index in [0.717, 1.165) is 43.3 Å². The van der Waals surface area contributed by atoms with Crippen LogP contribution in [0.1, 0.15) is 11.1 Å². The number of hydrogen-bond acceptors (Lipinski definition) is 3. The zero-order valence-electron chi connectivity index (χ0n) is 12.5. The van der Waals surface area contributed by atoms with Crippen molar-refractivity contribution in [3.8, 4) is 0 Å². The summed E-state index contributed by atoms with van der Waals surface area (Å²) in [5.74, 6) is 0. The van der Waals surface area contributed by atoms with Crippen molar-refractivity contribution in [1.29, 1.82) is 0 Å². The first-order valence-corrected chi connectivity index (χ1v) is 7.99. The third kappa shape index (κ3) is 4.09. The summed E-state index contributed by atoms with van der Waals surface area (Å²) in [6.45, 7) is 4.84. The number of hydrogen-bond donors (Lipinski definition) is 0. The van der Waals surface area contributed by atoms with E-state index < -0.39 is 0 Å². The van der Waals surface area contributed by atoms with Gasteiger partial charge in [-0.1, -0.05) is 60.1 Å². The van der Waals surface area contributed by atoms with Gasteiger partial charge in [-0.2, -0.15) is 5.10 Å². The van der Waals surface area contributed by atoms with Crippen molar-refractivity contribution in [1.82, 2.24) is 9.91 Å². The average molecular weight is 314 g/mol. The molecule has 0 N–H and O–H groups in total. The molecule has 114 valence electrons. The van der Waals surface area contributed by atoms with Gasteiger partial charge in [-0.05, 0) is 17.2 Å². The normalized spacial score (nSPS) is 16.3. The minimum absolute atomic E-state index is 0.854. The van der Waals surface area contributed by atoms with Gasteiger partial charge in [0.05, 0.1) is 6.21 Å². The maximum atomic E-state index is 6.23. The zero-order chi connectivity index (χ0) is 15.2. The van der Waals surface area contributed by atoms with E-state index >= 15 is 0 Å². The summed E-state index contributed by atoms with van der Waals surface area (Å²) in [5.41, 5.74) is 2.34. The zero-order valence-corrected chi connectivity index (χ0v) is 13.3. The summed E-state index contributed by atoms with van der Waals surface area (Å²) < 4.78 is 0. The predicted octanol–water partition coefficient (Wildman–Crippen LogP) is 3.49. The molecule has 1 aliphatic heterocycles. The Morgan fingerprint density at radius 2 is 1.59 bits per heavy atom. The fraction of sp³-hybridized carbons (Fsp3) is 0.278. The second kappa shape index (κ2) is 7.43. The van der Waals surface area contributed by atoms with E-state index in [-0.39, 0.29) is 0 Å². The molecule has 0 amide bonds. The number of halogens is 1. The number of rotatable bonds is 4. The van der Waals surface area contributed by atoms with Crippen LogP contribution in [0.3, 0.4) is 0 Å². The molecule has 1 aliphatic rings. The highest BCUT2D eigenvalue weighted by atomic mass is 35.5. The molecule has 0 spiro atoms. The Balaban J connectivity index is 1.50. The number of nitrogens with zero attached hydrogens (tertiary/aromatic N) is 3. The first kappa shape index (κ1) is 15.1. The van der Waals surface area contributed by atoms with Gasteiger partial charge in [0.1, 0.15) is 0 Å². The van der Waals surface area contributed by atoms with Crippen molar-refractivity contribution in [2.24, 2.45) is 5.10 Å². The summed E-state index contributed by atoms with van der Waals surface area (Å²) in [6.07, 6.45) is 1.93. The molecule has 0 saturated carbocycles. The van der Waals surface area contributed by atoms with Gasteiger partial charge < -0.3 is 0 Å². The molecule has 3 nitrogen and oxygen atoms in total. The molecule has 0 bridgehead atoms. The predicted molar refractivity (Wildman–Crippen MR) is 92.3 cm³/mol. The van der Waals surface area contributed by atoms with E-state index in [1.54, 1.807) is 0 Å². The van der Waals surface area contributed by atoms with Crippen molar-refractivity contribution in [3.05, 3.63) is 70.7 Å². The lowest BCUT2D eigenvalue weighted by Gasteiger charge is -2.33. The SMILES string of the molecule is Clc1ccccc1CN1CCN(/N=C/c2ccccc2)CC1. The van der Waals surface area contributed by atoms with E-state index in [2.05, 4.69) is 33.2 Å². The van der Waals surface area contributed by atoms with Crippen LogP contribution in [0.25, 0.3) is 0 Å². The second-order valence-corrected chi connectivity index (χ2v) is 5.88. The highest BCUT2D eigenvalue weighted by Gasteiger charge is 2.16. The van der Waals surface area contributed by atoms with E-state index in [0.29, 0.717) is 0 Å². The third-order valence-electron chi connectivity index (χ3n) is 3.87. The van der Waals surface area contributed by atoms with E-state index in [4.69, 9.17) is 11.6 Å².